The molecule has 0 aromatic heterocycles. The second-order valence-corrected chi connectivity index (χ2v) is 9.53. The maximum atomic E-state index is 13.4. The van der Waals surface area contributed by atoms with E-state index in [1.165, 1.54) is 38.1 Å². The number of methoxy groups -OCH3 is 1. The second-order valence-electron chi connectivity index (χ2n) is 7.62. The number of nitrogens with one attached hydrogen (secondary N) is 1. The Bertz CT molecular complexity index is 1180. The first-order valence-corrected chi connectivity index (χ1v) is 12.1. The first-order valence-electron chi connectivity index (χ1n) is 10.3. The van der Waals surface area contributed by atoms with Gasteiger partial charge in [-0.25, -0.2) is 8.42 Å². The number of nitro benzene ring substituents is 1. The minimum absolute atomic E-state index is 0.0358. The average Bonchev–Trinajstić information content (AvgIpc) is 2.79. The first kappa shape index (κ1) is 26.6. The molecule has 1 unspecified atom stereocenters. The zero-order valence-electron chi connectivity index (χ0n) is 19.6. The van der Waals surface area contributed by atoms with Crippen molar-refractivity contribution in [3.8, 4) is 5.75 Å². The lowest BCUT2D eigenvalue weighted by Gasteiger charge is -2.31. The predicted octanol–water partition coefficient (Wildman–Crippen LogP) is 1.84. The smallest absolute Gasteiger partial charge is 0.271 e. The van der Waals surface area contributed by atoms with E-state index in [1.807, 2.05) is 25.1 Å². The lowest BCUT2D eigenvalue weighted by Crippen LogP contribution is -2.50. The molecule has 0 saturated heterocycles. The fourth-order valence-electron chi connectivity index (χ4n) is 3.34. The van der Waals surface area contributed by atoms with Crippen LogP contribution < -0.4 is 14.4 Å². The maximum Gasteiger partial charge on any atom is 0.271 e. The predicted molar refractivity (Wildman–Crippen MR) is 127 cm³/mol. The summed E-state index contributed by atoms with van der Waals surface area (Å²) in [6.45, 7) is 2.76. The van der Waals surface area contributed by atoms with E-state index in [1.54, 1.807) is 6.07 Å². The lowest BCUT2D eigenvalue weighted by molar-refractivity contribution is -0.384. The molecule has 0 aliphatic heterocycles. The Morgan fingerprint density at radius 2 is 1.85 bits per heavy atom. The topological polar surface area (TPSA) is 139 Å². The minimum Gasteiger partial charge on any atom is -0.495 e. The summed E-state index contributed by atoms with van der Waals surface area (Å²) in [5.41, 5.74) is 1.15. The summed E-state index contributed by atoms with van der Waals surface area (Å²) in [5.74, 6) is -1.06. The van der Waals surface area contributed by atoms with Gasteiger partial charge in [-0.1, -0.05) is 24.3 Å². The number of sulfonamides is 1. The van der Waals surface area contributed by atoms with Crippen molar-refractivity contribution in [1.29, 1.82) is 0 Å². The van der Waals surface area contributed by atoms with Crippen molar-refractivity contribution in [3.05, 3.63) is 63.7 Å². The van der Waals surface area contributed by atoms with Gasteiger partial charge in [0, 0.05) is 25.7 Å². The SMILES string of the molecule is CNC(=O)C(C)N(Cc1ccccc1C)C(=O)CN(c1cc([N+](=O)[O-])ccc1OC)S(C)(=O)=O. The number of anilines is 1. The molecule has 0 radical (unpaired) electrons. The average molecular weight is 493 g/mol. The molecule has 0 saturated carbocycles. The number of hydrogen-bond acceptors (Lipinski definition) is 7. The van der Waals surface area contributed by atoms with Crippen LogP contribution in [0.2, 0.25) is 0 Å². The third kappa shape index (κ3) is 6.22. The van der Waals surface area contributed by atoms with Gasteiger partial charge in [0.15, 0.2) is 0 Å². The molecular weight excluding hydrogens is 464 g/mol. The van der Waals surface area contributed by atoms with E-state index in [-0.39, 0.29) is 23.7 Å². The van der Waals surface area contributed by atoms with Crippen molar-refractivity contribution < 1.29 is 27.7 Å². The summed E-state index contributed by atoms with van der Waals surface area (Å²) in [5, 5.41) is 13.8. The Morgan fingerprint density at radius 3 is 2.38 bits per heavy atom. The highest BCUT2D eigenvalue weighted by atomic mass is 32.2. The van der Waals surface area contributed by atoms with Crippen molar-refractivity contribution in [2.24, 2.45) is 0 Å². The van der Waals surface area contributed by atoms with Crippen LogP contribution in [0, 0.1) is 17.0 Å². The summed E-state index contributed by atoms with van der Waals surface area (Å²) in [6.07, 6.45) is 0.881. The number of ether oxygens (including phenoxy) is 1. The van der Waals surface area contributed by atoms with Gasteiger partial charge < -0.3 is 15.0 Å². The number of benzene rings is 2. The molecule has 11 nitrogen and oxygen atoms in total. The summed E-state index contributed by atoms with van der Waals surface area (Å²) in [6, 6.07) is 9.85. The van der Waals surface area contributed by atoms with Crippen molar-refractivity contribution >= 4 is 33.2 Å². The fourth-order valence-corrected chi connectivity index (χ4v) is 4.19. The molecule has 2 rings (SSSR count). The standard InChI is InChI=1S/C22H28N4O7S/c1-15-8-6-7-9-17(15)13-24(16(2)22(28)23-3)21(27)14-25(34(5,31)32)19-12-18(26(29)30)10-11-20(19)33-4/h6-12,16H,13-14H2,1-5H3,(H,23,28). The van der Waals surface area contributed by atoms with Crippen LogP contribution in [0.3, 0.4) is 0 Å². The van der Waals surface area contributed by atoms with E-state index in [0.29, 0.717) is 0 Å². The summed E-state index contributed by atoms with van der Waals surface area (Å²) < 4.78 is 31.3. The van der Waals surface area contributed by atoms with E-state index in [9.17, 15) is 28.1 Å². The maximum absolute atomic E-state index is 13.4. The minimum atomic E-state index is -4.07. The van der Waals surface area contributed by atoms with Gasteiger partial charge in [-0.05, 0) is 31.0 Å². The Morgan fingerprint density at radius 1 is 1.21 bits per heavy atom. The first-order chi connectivity index (χ1) is 15.9. The molecule has 2 aromatic rings. The molecule has 0 spiro atoms. The van der Waals surface area contributed by atoms with Crippen LogP contribution in [0.15, 0.2) is 42.5 Å². The van der Waals surface area contributed by atoms with Crippen molar-refractivity contribution in [2.45, 2.75) is 26.4 Å². The molecule has 2 aromatic carbocycles. The number of nitro groups is 1. The third-order valence-corrected chi connectivity index (χ3v) is 6.46. The summed E-state index contributed by atoms with van der Waals surface area (Å²) >= 11 is 0. The van der Waals surface area contributed by atoms with Gasteiger partial charge in [0.05, 0.1) is 18.3 Å². The molecule has 1 atom stereocenters. The highest BCUT2D eigenvalue weighted by Crippen LogP contribution is 2.33. The number of hydrogen-bond donors (Lipinski definition) is 1. The molecule has 0 heterocycles. The van der Waals surface area contributed by atoms with Crippen LogP contribution in [0.1, 0.15) is 18.1 Å². The zero-order chi connectivity index (χ0) is 25.6. The van der Waals surface area contributed by atoms with Gasteiger partial charge >= 0.3 is 0 Å². The molecule has 0 fully saturated rings. The number of carbonyl (C=O) groups is 2. The Kier molecular flexibility index (Phi) is 8.57. The van der Waals surface area contributed by atoms with Crippen LogP contribution in [-0.2, 0) is 26.2 Å². The molecular formula is C22H28N4O7S. The highest BCUT2D eigenvalue weighted by molar-refractivity contribution is 7.92. The van der Waals surface area contributed by atoms with Gasteiger partial charge in [-0.2, -0.15) is 0 Å². The van der Waals surface area contributed by atoms with Gasteiger partial charge in [0.1, 0.15) is 24.0 Å². The van der Waals surface area contributed by atoms with Crippen molar-refractivity contribution in [1.82, 2.24) is 10.2 Å². The molecule has 12 heteroatoms. The molecule has 184 valence electrons. The van der Waals surface area contributed by atoms with Gasteiger partial charge in [-0.3, -0.25) is 24.0 Å². The quantitative estimate of drug-likeness (QED) is 0.394. The Balaban J connectivity index is 2.53. The summed E-state index contributed by atoms with van der Waals surface area (Å²) in [4.78, 5) is 37.7. The van der Waals surface area contributed by atoms with Crippen molar-refractivity contribution in [2.75, 3.05) is 31.3 Å². The van der Waals surface area contributed by atoms with Crippen LogP contribution >= 0.6 is 0 Å². The number of carbonyl (C=O) groups excluding carboxylic acids is 2. The third-order valence-electron chi connectivity index (χ3n) is 5.34. The van der Waals surface area contributed by atoms with Crippen LogP contribution in [0.4, 0.5) is 11.4 Å². The van der Waals surface area contributed by atoms with E-state index in [4.69, 9.17) is 4.74 Å². The Labute approximate surface area is 198 Å². The van der Waals surface area contributed by atoms with Crippen LogP contribution in [0.5, 0.6) is 5.75 Å². The van der Waals surface area contributed by atoms with E-state index < -0.39 is 39.3 Å². The van der Waals surface area contributed by atoms with Gasteiger partial charge in [0.25, 0.3) is 5.69 Å². The molecule has 1 N–H and O–H groups in total. The largest absolute Gasteiger partial charge is 0.495 e. The number of nitrogens with zero attached hydrogens (tertiary/aromatic N) is 3. The van der Waals surface area contributed by atoms with E-state index >= 15 is 0 Å². The lowest BCUT2D eigenvalue weighted by atomic mass is 10.1. The van der Waals surface area contributed by atoms with Crippen LogP contribution in [-0.4, -0.2) is 63.1 Å². The molecule has 2 amide bonds. The number of aryl methyl sites for hydroxylation is 1. The number of non-ortho nitro benzene ring substituents is 1. The summed E-state index contributed by atoms with van der Waals surface area (Å²) in [7, 11) is -1.35. The number of likely N-dealkylation sites (N-methyl/N-ethyl adjacent to an activating group) is 1. The number of rotatable bonds is 10. The molecule has 0 aliphatic rings. The van der Waals surface area contributed by atoms with Gasteiger partial charge in [-0.15, -0.1) is 0 Å². The monoisotopic (exact) mass is 492 g/mol. The molecule has 0 aliphatic carbocycles. The molecule has 0 bridgehead atoms. The normalized spacial score (nSPS) is 11.9. The zero-order valence-corrected chi connectivity index (χ0v) is 20.5. The second kappa shape index (κ2) is 11.0. The van der Waals surface area contributed by atoms with Crippen molar-refractivity contribution in [3.63, 3.8) is 0 Å². The number of amides is 2. The molecule has 34 heavy (non-hydrogen) atoms. The highest BCUT2D eigenvalue weighted by Gasteiger charge is 2.31. The fraction of sp³-hybridized carbons (Fsp3) is 0.364. The van der Waals surface area contributed by atoms with Gasteiger partial charge in [0.2, 0.25) is 21.8 Å². The van der Waals surface area contributed by atoms with Crippen LogP contribution in [0.25, 0.3) is 0 Å². The van der Waals surface area contributed by atoms with E-state index in [2.05, 4.69) is 5.32 Å². The van der Waals surface area contributed by atoms with E-state index in [0.717, 1.165) is 27.8 Å². The Hall–Kier alpha value is -3.67.